The van der Waals surface area contributed by atoms with Crippen molar-refractivity contribution in [3.8, 4) is 0 Å². The Morgan fingerprint density at radius 3 is 2.61 bits per heavy atom. The molecule has 1 aliphatic rings. The summed E-state index contributed by atoms with van der Waals surface area (Å²) in [6, 6.07) is 5.59. The van der Waals surface area contributed by atoms with Crippen molar-refractivity contribution in [1.29, 1.82) is 0 Å². The van der Waals surface area contributed by atoms with Gasteiger partial charge in [-0.3, -0.25) is 4.79 Å². The highest BCUT2D eigenvalue weighted by Crippen LogP contribution is 2.22. The second kappa shape index (κ2) is 5.06. The zero-order valence-corrected chi connectivity index (χ0v) is 10.5. The van der Waals surface area contributed by atoms with Crippen LogP contribution in [0.1, 0.15) is 36.5 Å². The molecule has 1 aromatic carbocycles. The van der Waals surface area contributed by atoms with Crippen molar-refractivity contribution in [3.05, 3.63) is 35.6 Å². The largest absolute Gasteiger partial charge is 0.390 e. The van der Waals surface area contributed by atoms with E-state index < -0.39 is 5.60 Å². The number of rotatable bonds is 1. The predicted octanol–water partition coefficient (Wildman–Crippen LogP) is 2.20. The van der Waals surface area contributed by atoms with Crippen molar-refractivity contribution in [3.63, 3.8) is 0 Å². The number of nitrogens with zero attached hydrogens (tertiary/aromatic N) is 1. The van der Waals surface area contributed by atoms with Crippen molar-refractivity contribution in [2.75, 3.05) is 13.1 Å². The second-order valence-corrected chi connectivity index (χ2v) is 5.15. The van der Waals surface area contributed by atoms with Gasteiger partial charge < -0.3 is 10.0 Å². The van der Waals surface area contributed by atoms with Gasteiger partial charge >= 0.3 is 0 Å². The van der Waals surface area contributed by atoms with Crippen LogP contribution in [0.25, 0.3) is 0 Å². The van der Waals surface area contributed by atoms with Crippen LogP contribution in [-0.4, -0.2) is 34.6 Å². The van der Waals surface area contributed by atoms with E-state index in [1.165, 1.54) is 24.3 Å². The molecule has 0 bridgehead atoms. The van der Waals surface area contributed by atoms with E-state index in [4.69, 9.17) is 0 Å². The maximum absolute atomic E-state index is 12.8. The molecule has 1 N–H and O–H groups in total. The van der Waals surface area contributed by atoms with Gasteiger partial charge in [-0.1, -0.05) is 0 Å². The first kappa shape index (κ1) is 13.0. The van der Waals surface area contributed by atoms with Gasteiger partial charge in [-0.2, -0.15) is 0 Å². The Hall–Kier alpha value is -1.42. The molecule has 1 unspecified atom stereocenters. The number of hydrogen-bond acceptors (Lipinski definition) is 2. The first-order valence-corrected chi connectivity index (χ1v) is 6.25. The van der Waals surface area contributed by atoms with Crippen molar-refractivity contribution >= 4 is 5.91 Å². The average Bonchev–Trinajstić information content (AvgIpc) is 2.50. The maximum Gasteiger partial charge on any atom is 0.253 e. The monoisotopic (exact) mass is 251 g/mol. The molecular formula is C14H18FNO2. The van der Waals surface area contributed by atoms with Crippen LogP contribution >= 0.6 is 0 Å². The summed E-state index contributed by atoms with van der Waals surface area (Å²) in [6.45, 7) is 2.99. The summed E-state index contributed by atoms with van der Waals surface area (Å²) in [6.07, 6.45) is 2.08. The van der Waals surface area contributed by atoms with E-state index in [0.717, 1.165) is 6.42 Å². The maximum atomic E-state index is 12.8. The third-order valence-corrected chi connectivity index (χ3v) is 3.44. The molecule has 1 atom stereocenters. The van der Waals surface area contributed by atoms with Gasteiger partial charge in [-0.15, -0.1) is 0 Å². The molecule has 0 saturated carbocycles. The first-order valence-electron chi connectivity index (χ1n) is 6.25. The van der Waals surface area contributed by atoms with E-state index in [1.54, 1.807) is 11.8 Å². The zero-order valence-electron chi connectivity index (χ0n) is 10.5. The lowest BCUT2D eigenvalue weighted by atomic mass is 9.98. The number of amides is 1. The molecule has 0 aliphatic carbocycles. The van der Waals surface area contributed by atoms with Crippen molar-refractivity contribution in [2.24, 2.45) is 0 Å². The van der Waals surface area contributed by atoms with Gasteiger partial charge in [0.1, 0.15) is 5.82 Å². The Bertz CT molecular complexity index is 428. The normalized spacial score (nSPS) is 24.7. The van der Waals surface area contributed by atoms with Crippen LogP contribution < -0.4 is 0 Å². The van der Waals surface area contributed by atoms with Gasteiger partial charge in [0.15, 0.2) is 0 Å². The summed E-state index contributed by atoms with van der Waals surface area (Å²) in [5.74, 6) is -0.432. The van der Waals surface area contributed by atoms with Crippen LogP contribution in [0.2, 0.25) is 0 Å². The van der Waals surface area contributed by atoms with Crippen LogP contribution in [0.3, 0.4) is 0 Å². The lowest BCUT2D eigenvalue weighted by Crippen LogP contribution is -2.33. The van der Waals surface area contributed by atoms with Gasteiger partial charge in [0.05, 0.1) is 5.60 Å². The fraction of sp³-hybridized carbons (Fsp3) is 0.500. The van der Waals surface area contributed by atoms with Crippen molar-refractivity contribution < 1.29 is 14.3 Å². The van der Waals surface area contributed by atoms with Gasteiger partial charge in [-0.05, 0) is 50.5 Å². The Balaban J connectivity index is 2.07. The van der Waals surface area contributed by atoms with Gasteiger partial charge in [0, 0.05) is 18.7 Å². The Morgan fingerprint density at radius 1 is 1.28 bits per heavy atom. The van der Waals surface area contributed by atoms with Gasteiger partial charge in [0.25, 0.3) is 5.91 Å². The molecule has 2 rings (SSSR count). The van der Waals surface area contributed by atoms with E-state index >= 15 is 0 Å². The smallest absolute Gasteiger partial charge is 0.253 e. The van der Waals surface area contributed by atoms with Gasteiger partial charge in [-0.25, -0.2) is 4.39 Å². The molecule has 98 valence electrons. The van der Waals surface area contributed by atoms with E-state index in [-0.39, 0.29) is 11.7 Å². The lowest BCUT2D eigenvalue weighted by Gasteiger charge is -2.22. The molecule has 1 fully saturated rings. The molecule has 0 radical (unpaired) electrons. The molecule has 18 heavy (non-hydrogen) atoms. The number of carbonyl (C=O) groups is 1. The van der Waals surface area contributed by atoms with E-state index in [2.05, 4.69) is 0 Å². The molecule has 3 nitrogen and oxygen atoms in total. The molecule has 1 heterocycles. The number of carbonyl (C=O) groups excluding carboxylic acids is 1. The quantitative estimate of drug-likeness (QED) is 0.831. The third kappa shape index (κ3) is 3.07. The Labute approximate surface area is 106 Å². The molecule has 1 aliphatic heterocycles. The zero-order chi connectivity index (χ0) is 13.2. The highest BCUT2D eigenvalue weighted by Gasteiger charge is 2.27. The molecular weight excluding hydrogens is 233 g/mol. The highest BCUT2D eigenvalue weighted by atomic mass is 19.1. The molecule has 1 amide bonds. The predicted molar refractivity (Wildman–Crippen MR) is 66.8 cm³/mol. The summed E-state index contributed by atoms with van der Waals surface area (Å²) < 4.78 is 12.8. The summed E-state index contributed by atoms with van der Waals surface area (Å²) in [5.41, 5.74) is -0.185. The minimum absolute atomic E-state index is 0.0901. The van der Waals surface area contributed by atoms with E-state index in [0.29, 0.717) is 31.5 Å². The molecule has 1 saturated heterocycles. The summed E-state index contributed by atoms with van der Waals surface area (Å²) >= 11 is 0. The molecule has 0 aromatic heterocycles. The standard InChI is InChI=1S/C14H18FNO2/c1-14(18)7-2-9-16(10-8-14)13(17)11-3-5-12(15)6-4-11/h3-6,18H,2,7-10H2,1H3. The van der Waals surface area contributed by atoms with E-state index in [1.807, 2.05) is 0 Å². The van der Waals surface area contributed by atoms with Crippen molar-refractivity contribution in [2.45, 2.75) is 31.8 Å². The van der Waals surface area contributed by atoms with Crippen LogP contribution in [0.4, 0.5) is 4.39 Å². The third-order valence-electron chi connectivity index (χ3n) is 3.44. The van der Waals surface area contributed by atoms with Gasteiger partial charge in [0.2, 0.25) is 0 Å². The first-order chi connectivity index (χ1) is 8.48. The average molecular weight is 251 g/mol. The van der Waals surface area contributed by atoms with Crippen LogP contribution in [0.5, 0.6) is 0 Å². The minimum atomic E-state index is -0.683. The second-order valence-electron chi connectivity index (χ2n) is 5.15. The Kier molecular flexibility index (Phi) is 3.66. The number of benzene rings is 1. The number of halogens is 1. The van der Waals surface area contributed by atoms with E-state index in [9.17, 15) is 14.3 Å². The number of likely N-dealkylation sites (tertiary alicyclic amines) is 1. The molecule has 4 heteroatoms. The fourth-order valence-corrected chi connectivity index (χ4v) is 2.24. The Morgan fingerprint density at radius 2 is 1.94 bits per heavy atom. The van der Waals surface area contributed by atoms with Crippen LogP contribution in [0, 0.1) is 5.82 Å². The molecule has 1 aromatic rings. The summed E-state index contributed by atoms with van der Waals surface area (Å²) in [5, 5.41) is 9.97. The number of hydrogen-bond donors (Lipinski definition) is 1. The fourth-order valence-electron chi connectivity index (χ4n) is 2.24. The summed E-state index contributed by atoms with van der Waals surface area (Å²) in [4.78, 5) is 13.9. The number of aliphatic hydroxyl groups is 1. The van der Waals surface area contributed by atoms with Crippen LogP contribution in [0.15, 0.2) is 24.3 Å². The summed E-state index contributed by atoms with van der Waals surface area (Å²) in [7, 11) is 0. The topological polar surface area (TPSA) is 40.5 Å². The minimum Gasteiger partial charge on any atom is -0.390 e. The highest BCUT2D eigenvalue weighted by molar-refractivity contribution is 5.94. The van der Waals surface area contributed by atoms with Crippen molar-refractivity contribution in [1.82, 2.24) is 4.90 Å². The lowest BCUT2D eigenvalue weighted by molar-refractivity contribution is 0.0438. The van der Waals surface area contributed by atoms with Crippen LogP contribution in [-0.2, 0) is 0 Å². The molecule has 0 spiro atoms. The SMILES string of the molecule is CC1(O)CCCN(C(=O)c2ccc(F)cc2)CC1.